The molecule has 2 aromatic carbocycles. The highest BCUT2D eigenvalue weighted by atomic mass is 32.2. The molecule has 1 aliphatic rings. The molecule has 0 bridgehead atoms. The SMILES string of the molecule is Cc1ccccc1NC(=O)CN1C(=O)S/C(=C/c2ccc(C#N)cc2)C1=O. The number of amides is 3. The molecule has 134 valence electrons. The van der Waals surface area contributed by atoms with Crippen molar-refractivity contribution in [3.63, 3.8) is 0 Å². The number of benzene rings is 2. The molecule has 1 heterocycles. The normalized spacial score (nSPS) is 15.1. The lowest BCUT2D eigenvalue weighted by Gasteiger charge is -2.13. The quantitative estimate of drug-likeness (QED) is 0.823. The number of carbonyl (C=O) groups is 3. The van der Waals surface area contributed by atoms with E-state index in [0.717, 1.165) is 22.2 Å². The van der Waals surface area contributed by atoms with Gasteiger partial charge in [-0.3, -0.25) is 19.3 Å². The Bertz CT molecular complexity index is 990. The van der Waals surface area contributed by atoms with Gasteiger partial charge in [-0.1, -0.05) is 30.3 Å². The van der Waals surface area contributed by atoms with Crippen molar-refractivity contribution in [2.75, 3.05) is 11.9 Å². The van der Waals surface area contributed by atoms with Crippen LogP contribution in [0.25, 0.3) is 6.08 Å². The molecule has 2 aromatic rings. The van der Waals surface area contributed by atoms with Gasteiger partial charge in [0.05, 0.1) is 16.5 Å². The van der Waals surface area contributed by atoms with E-state index in [9.17, 15) is 14.4 Å². The van der Waals surface area contributed by atoms with Crippen LogP contribution in [0.3, 0.4) is 0 Å². The Hall–Kier alpha value is -3.37. The molecular weight excluding hydrogens is 362 g/mol. The fraction of sp³-hybridized carbons (Fsp3) is 0.100. The summed E-state index contributed by atoms with van der Waals surface area (Å²) in [5, 5.41) is 11.0. The van der Waals surface area contributed by atoms with Crippen LogP contribution < -0.4 is 5.32 Å². The van der Waals surface area contributed by atoms with Crippen molar-refractivity contribution < 1.29 is 14.4 Å². The highest BCUT2D eigenvalue weighted by Gasteiger charge is 2.36. The van der Waals surface area contributed by atoms with Gasteiger partial charge in [0.15, 0.2) is 0 Å². The lowest BCUT2D eigenvalue weighted by atomic mass is 10.1. The topological polar surface area (TPSA) is 90.3 Å². The number of carbonyl (C=O) groups excluding carboxylic acids is 3. The lowest BCUT2D eigenvalue weighted by molar-refractivity contribution is -0.127. The van der Waals surface area contributed by atoms with Gasteiger partial charge in [-0.25, -0.2) is 0 Å². The van der Waals surface area contributed by atoms with Crippen LogP contribution in [0.4, 0.5) is 10.5 Å². The number of para-hydroxylation sites is 1. The number of hydrogen-bond acceptors (Lipinski definition) is 5. The minimum absolute atomic E-state index is 0.244. The zero-order valence-corrected chi connectivity index (χ0v) is 15.2. The van der Waals surface area contributed by atoms with Gasteiger partial charge in [-0.05, 0) is 54.1 Å². The first kappa shape index (κ1) is 18.4. The van der Waals surface area contributed by atoms with Crippen LogP contribution in [0, 0.1) is 18.3 Å². The van der Waals surface area contributed by atoms with Crippen LogP contribution in [0.15, 0.2) is 53.4 Å². The molecule has 1 fully saturated rings. The summed E-state index contributed by atoms with van der Waals surface area (Å²) in [5.41, 5.74) is 2.74. The van der Waals surface area contributed by atoms with Crippen LogP contribution in [0.5, 0.6) is 0 Å². The smallest absolute Gasteiger partial charge is 0.294 e. The molecule has 1 N–H and O–H groups in total. The highest BCUT2D eigenvalue weighted by Crippen LogP contribution is 2.32. The highest BCUT2D eigenvalue weighted by molar-refractivity contribution is 8.18. The summed E-state index contributed by atoms with van der Waals surface area (Å²) in [6.07, 6.45) is 1.57. The van der Waals surface area contributed by atoms with Gasteiger partial charge in [-0.2, -0.15) is 5.26 Å². The average Bonchev–Trinajstić information content (AvgIpc) is 2.91. The molecule has 6 nitrogen and oxygen atoms in total. The number of aryl methyl sites for hydroxylation is 1. The molecule has 0 atom stereocenters. The Morgan fingerprint density at radius 1 is 1.19 bits per heavy atom. The summed E-state index contributed by atoms with van der Waals surface area (Å²) in [6.45, 7) is 1.51. The number of nitrogens with one attached hydrogen (secondary N) is 1. The van der Waals surface area contributed by atoms with Gasteiger partial charge in [0.2, 0.25) is 5.91 Å². The van der Waals surface area contributed by atoms with E-state index < -0.39 is 17.1 Å². The molecule has 3 amide bonds. The predicted molar refractivity (Wildman–Crippen MR) is 104 cm³/mol. The number of anilines is 1. The third-order valence-electron chi connectivity index (χ3n) is 3.93. The van der Waals surface area contributed by atoms with Crippen molar-refractivity contribution in [3.8, 4) is 6.07 Å². The molecule has 0 unspecified atom stereocenters. The van der Waals surface area contributed by atoms with Gasteiger partial charge in [-0.15, -0.1) is 0 Å². The lowest BCUT2D eigenvalue weighted by Crippen LogP contribution is -2.36. The van der Waals surface area contributed by atoms with Crippen molar-refractivity contribution in [2.24, 2.45) is 0 Å². The number of nitriles is 1. The van der Waals surface area contributed by atoms with E-state index >= 15 is 0 Å². The Morgan fingerprint density at radius 3 is 2.56 bits per heavy atom. The maximum atomic E-state index is 12.5. The van der Waals surface area contributed by atoms with E-state index in [1.165, 1.54) is 0 Å². The second-order valence-electron chi connectivity index (χ2n) is 5.86. The maximum absolute atomic E-state index is 12.5. The fourth-order valence-electron chi connectivity index (χ4n) is 2.49. The van der Waals surface area contributed by atoms with E-state index in [1.54, 1.807) is 42.5 Å². The molecule has 0 aliphatic carbocycles. The Balaban J connectivity index is 1.70. The van der Waals surface area contributed by atoms with Crippen molar-refractivity contribution in [1.82, 2.24) is 4.90 Å². The van der Waals surface area contributed by atoms with Crippen molar-refractivity contribution >= 4 is 40.6 Å². The molecule has 0 saturated carbocycles. The summed E-state index contributed by atoms with van der Waals surface area (Å²) in [7, 11) is 0. The molecular formula is C20H15N3O3S. The van der Waals surface area contributed by atoms with Crippen LogP contribution in [0.2, 0.25) is 0 Å². The van der Waals surface area contributed by atoms with Crippen molar-refractivity contribution in [3.05, 3.63) is 70.1 Å². The van der Waals surface area contributed by atoms with Gasteiger partial charge in [0.1, 0.15) is 6.54 Å². The minimum atomic E-state index is -0.505. The average molecular weight is 377 g/mol. The molecule has 1 aliphatic heterocycles. The molecule has 0 radical (unpaired) electrons. The zero-order chi connectivity index (χ0) is 19.4. The number of rotatable bonds is 4. The van der Waals surface area contributed by atoms with Crippen LogP contribution >= 0.6 is 11.8 Å². The summed E-state index contributed by atoms with van der Waals surface area (Å²) in [5.74, 6) is -0.944. The summed E-state index contributed by atoms with van der Waals surface area (Å²) < 4.78 is 0. The molecule has 27 heavy (non-hydrogen) atoms. The van der Waals surface area contributed by atoms with Gasteiger partial charge < -0.3 is 5.32 Å². The monoisotopic (exact) mass is 377 g/mol. The molecule has 7 heteroatoms. The molecule has 3 rings (SSSR count). The van der Waals surface area contributed by atoms with E-state index in [0.29, 0.717) is 16.8 Å². The number of imide groups is 1. The van der Waals surface area contributed by atoms with Crippen LogP contribution in [-0.2, 0) is 9.59 Å². The first-order valence-corrected chi connectivity index (χ1v) is 8.90. The molecule has 1 saturated heterocycles. The third kappa shape index (κ3) is 4.25. The van der Waals surface area contributed by atoms with Gasteiger partial charge in [0, 0.05) is 5.69 Å². The van der Waals surface area contributed by atoms with E-state index in [-0.39, 0.29) is 11.4 Å². The third-order valence-corrected chi connectivity index (χ3v) is 4.84. The predicted octanol–water partition coefficient (Wildman–Crippen LogP) is 3.54. The summed E-state index contributed by atoms with van der Waals surface area (Å²) >= 11 is 0.792. The van der Waals surface area contributed by atoms with E-state index in [4.69, 9.17) is 5.26 Å². The fourth-order valence-corrected chi connectivity index (χ4v) is 3.33. The number of hydrogen-bond donors (Lipinski definition) is 1. The molecule has 0 spiro atoms. The Kier molecular flexibility index (Phi) is 5.38. The second kappa shape index (κ2) is 7.89. The van der Waals surface area contributed by atoms with Gasteiger partial charge in [0.25, 0.3) is 11.1 Å². The largest absolute Gasteiger partial charge is 0.324 e. The minimum Gasteiger partial charge on any atom is -0.324 e. The van der Waals surface area contributed by atoms with Crippen LogP contribution in [0.1, 0.15) is 16.7 Å². The second-order valence-corrected chi connectivity index (χ2v) is 6.86. The van der Waals surface area contributed by atoms with Gasteiger partial charge >= 0.3 is 0 Å². The number of nitrogens with zero attached hydrogens (tertiary/aromatic N) is 2. The van der Waals surface area contributed by atoms with Crippen molar-refractivity contribution in [1.29, 1.82) is 5.26 Å². The van der Waals surface area contributed by atoms with E-state index in [2.05, 4.69) is 5.32 Å². The molecule has 0 aromatic heterocycles. The standard InChI is InChI=1S/C20H15N3O3S/c1-13-4-2-3-5-16(13)22-18(24)12-23-19(25)17(27-20(23)26)10-14-6-8-15(11-21)9-7-14/h2-10H,12H2,1H3,(H,22,24)/b17-10+. The Morgan fingerprint density at radius 2 is 1.89 bits per heavy atom. The summed E-state index contributed by atoms with van der Waals surface area (Å²) in [6, 6.07) is 15.9. The first-order chi connectivity index (χ1) is 13.0. The van der Waals surface area contributed by atoms with Crippen molar-refractivity contribution in [2.45, 2.75) is 6.92 Å². The van der Waals surface area contributed by atoms with Crippen LogP contribution in [-0.4, -0.2) is 28.5 Å². The van der Waals surface area contributed by atoms with E-state index in [1.807, 2.05) is 25.1 Å². The first-order valence-electron chi connectivity index (χ1n) is 8.09. The Labute approximate surface area is 160 Å². The zero-order valence-electron chi connectivity index (χ0n) is 14.4. The summed E-state index contributed by atoms with van der Waals surface area (Å²) in [4.78, 5) is 38.0. The number of thioether (sulfide) groups is 1. The maximum Gasteiger partial charge on any atom is 0.294 e.